The lowest BCUT2D eigenvalue weighted by Crippen LogP contribution is -2.37. The highest BCUT2D eigenvalue weighted by molar-refractivity contribution is 5.80. The Labute approximate surface area is 171 Å². The third-order valence-electron chi connectivity index (χ3n) is 4.94. The topological polar surface area (TPSA) is 90.3 Å². The van der Waals surface area contributed by atoms with Gasteiger partial charge in [0, 0.05) is 19.0 Å². The number of hydrogen-bond acceptors (Lipinski definition) is 5. The lowest BCUT2D eigenvalue weighted by molar-refractivity contribution is -0.148. The third-order valence-corrected chi connectivity index (χ3v) is 4.94. The van der Waals surface area contributed by atoms with Crippen molar-refractivity contribution in [2.45, 2.75) is 71.9 Å². The largest absolute Gasteiger partial charge is 0.456 e. The van der Waals surface area contributed by atoms with E-state index in [1.54, 1.807) is 4.57 Å². The number of aromatic nitrogens is 2. The van der Waals surface area contributed by atoms with Gasteiger partial charge >= 0.3 is 5.97 Å². The van der Waals surface area contributed by atoms with E-state index in [-0.39, 0.29) is 37.0 Å². The van der Waals surface area contributed by atoms with E-state index in [1.807, 2.05) is 38.1 Å². The van der Waals surface area contributed by atoms with Crippen molar-refractivity contribution >= 4 is 22.9 Å². The van der Waals surface area contributed by atoms with Gasteiger partial charge in [-0.2, -0.15) is 0 Å². The van der Waals surface area contributed by atoms with E-state index in [0.29, 0.717) is 12.2 Å². The smallest absolute Gasteiger partial charge is 0.306 e. The number of nitrogens with one attached hydrogen (secondary N) is 1. The predicted molar refractivity (Wildman–Crippen MR) is 113 cm³/mol. The van der Waals surface area contributed by atoms with Gasteiger partial charge in [0.25, 0.3) is 11.5 Å². The quantitative estimate of drug-likeness (QED) is 0.585. The molecule has 0 spiro atoms. The highest BCUT2D eigenvalue weighted by Crippen LogP contribution is 2.12. The first kappa shape index (κ1) is 22.6. The minimum absolute atomic E-state index is 0.00657. The molecule has 0 fully saturated rings. The van der Waals surface area contributed by atoms with Crippen LogP contribution in [-0.4, -0.2) is 34.1 Å². The number of aryl methyl sites for hydroxylation is 2. The predicted octanol–water partition coefficient (Wildman–Crippen LogP) is 2.98. The van der Waals surface area contributed by atoms with Crippen LogP contribution in [-0.2, 0) is 27.3 Å². The van der Waals surface area contributed by atoms with E-state index >= 15 is 0 Å². The molecule has 1 aromatic heterocycles. The second-order valence-corrected chi connectivity index (χ2v) is 7.10. The SMILES string of the molecule is CCCCn1c(=O)c(CCC(=O)OCC(=O)NC(CC)CC)nc2ccccc21. The molecule has 29 heavy (non-hydrogen) atoms. The minimum Gasteiger partial charge on any atom is -0.456 e. The number of para-hydroxylation sites is 2. The molecule has 0 bridgehead atoms. The molecule has 0 atom stereocenters. The molecule has 0 saturated heterocycles. The first-order valence-electron chi connectivity index (χ1n) is 10.4. The number of hydrogen-bond donors (Lipinski definition) is 1. The maximum Gasteiger partial charge on any atom is 0.306 e. The van der Waals surface area contributed by atoms with Crippen LogP contribution in [0.1, 0.15) is 58.6 Å². The van der Waals surface area contributed by atoms with E-state index in [0.717, 1.165) is 36.7 Å². The van der Waals surface area contributed by atoms with Crippen LogP contribution >= 0.6 is 0 Å². The second-order valence-electron chi connectivity index (χ2n) is 7.10. The van der Waals surface area contributed by atoms with Crippen molar-refractivity contribution in [3.8, 4) is 0 Å². The Morgan fingerprint density at radius 3 is 2.59 bits per heavy atom. The summed E-state index contributed by atoms with van der Waals surface area (Å²) < 4.78 is 6.78. The van der Waals surface area contributed by atoms with E-state index in [9.17, 15) is 14.4 Å². The fourth-order valence-electron chi connectivity index (χ4n) is 3.15. The summed E-state index contributed by atoms with van der Waals surface area (Å²) in [4.78, 5) is 41.2. The molecule has 1 N–H and O–H groups in total. The van der Waals surface area contributed by atoms with Crippen molar-refractivity contribution in [2.24, 2.45) is 0 Å². The van der Waals surface area contributed by atoms with Crippen LogP contribution in [0.5, 0.6) is 0 Å². The van der Waals surface area contributed by atoms with Crippen LogP contribution in [0.3, 0.4) is 0 Å². The van der Waals surface area contributed by atoms with Crippen molar-refractivity contribution in [1.82, 2.24) is 14.9 Å². The summed E-state index contributed by atoms with van der Waals surface area (Å²) in [5.41, 5.74) is 1.71. The van der Waals surface area contributed by atoms with Gasteiger partial charge in [0.2, 0.25) is 0 Å². The Balaban J connectivity index is 2.01. The zero-order valence-electron chi connectivity index (χ0n) is 17.6. The number of esters is 1. The molecule has 0 radical (unpaired) electrons. The molecule has 1 heterocycles. The van der Waals surface area contributed by atoms with Crippen molar-refractivity contribution < 1.29 is 14.3 Å². The third kappa shape index (κ3) is 6.41. The summed E-state index contributed by atoms with van der Waals surface area (Å²) in [6.45, 7) is 6.37. The van der Waals surface area contributed by atoms with Crippen LogP contribution in [0.4, 0.5) is 0 Å². The Hall–Kier alpha value is -2.70. The zero-order valence-corrected chi connectivity index (χ0v) is 17.6. The summed E-state index contributed by atoms with van der Waals surface area (Å²) in [7, 11) is 0. The van der Waals surface area contributed by atoms with Crippen LogP contribution in [0.2, 0.25) is 0 Å². The fourth-order valence-corrected chi connectivity index (χ4v) is 3.15. The number of fused-ring (bicyclic) bond motifs is 1. The van der Waals surface area contributed by atoms with Crippen molar-refractivity contribution in [3.05, 3.63) is 40.3 Å². The van der Waals surface area contributed by atoms with Crippen molar-refractivity contribution in [1.29, 1.82) is 0 Å². The molecule has 0 saturated carbocycles. The molecular formula is C22H31N3O4. The molecule has 2 rings (SSSR count). The van der Waals surface area contributed by atoms with E-state index < -0.39 is 5.97 Å². The highest BCUT2D eigenvalue weighted by atomic mass is 16.5. The van der Waals surface area contributed by atoms with Crippen molar-refractivity contribution in [3.63, 3.8) is 0 Å². The molecule has 0 aliphatic carbocycles. The number of unbranched alkanes of at least 4 members (excludes halogenated alkanes) is 1. The number of carbonyl (C=O) groups is 2. The lowest BCUT2D eigenvalue weighted by atomic mass is 10.2. The number of benzene rings is 1. The standard InChI is InChI=1S/C22H31N3O4/c1-4-7-14-25-19-11-9-8-10-17(19)24-18(22(25)28)12-13-21(27)29-15-20(26)23-16(5-2)6-3/h8-11,16H,4-7,12-15H2,1-3H3,(H,23,26). The molecule has 1 amide bonds. The number of rotatable bonds is 11. The molecule has 2 aromatic rings. The number of ether oxygens (including phenoxy) is 1. The molecular weight excluding hydrogens is 370 g/mol. The van der Waals surface area contributed by atoms with Gasteiger partial charge in [0.1, 0.15) is 5.69 Å². The molecule has 0 aliphatic rings. The normalized spacial score (nSPS) is 11.0. The van der Waals surface area contributed by atoms with E-state index in [1.165, 1.54) is 0 Å². The van der Waals surface area contributed by atoms with Crippen molar-refractivity contribution in [2.75, 3.05) is 6.61 Å². The molecule has 7 heteroatoms. The number of nitrogens with zero attached hydrogens (tertiary/aromatic N) is 2. The number of amides is 1. The maximum atomic E-state index is 12.8. The Morgan fingerprint density at radius 2 is 1.90 bits per heavy atom. The van der Waals surface area contributed by atoms with Gasteiger partial charge in [-0.05, 0) is 31.4 Å². The first-order valence-corrected chi connectivity index (χ1v) is 10.4. The summed E-state index contributed by atoms with van der Waals surface area (Å²) in [5, 5.41) is 2.82. The molecule has 1 aromatic carbocycles. The highest BCUT2D eigenvalue weighted by Gasteiger charge is 2.14. The van der Waals surface area contributed by atoms with Gasteiger partial charge in [0.05, 0.1) is 17.5 Å². The molecule has 0 unspecified atom stereocenters. The summed E-state index contributed by atoms with van der Waals surface area (Å²) in [5.74, 6) is -0.822. The lowest BCUT2D eigenvalue weighted by Gasteiger charge is -2.14. The molecule has 158 valence electrons. The van der Waals surface area contributed by atoms with Crippen LogP contribution < -0.4 is 10.9 Å². The minimum atomic E-state index is -0.515. The van der Waals surface area contributed by atoms with Crippen LogP contribution in [0.15, 0.2) is 29.1 Å². The van der Waals surface area contributed by atoms with Gasteiger partial charge in [-0.3, -0.25) is 14.4 Å². The second kappa shape index (κ2) is 11.3. The Morgan fingerprint density at radius 1 is 1.17 bits per heavy atom. The molecule has 0 aliphatic heterocycles. The van der Waals surface area contributed by atoms with Gasteiger partial charge in [0.15, 0.2) is 6.61 Å². The van der Waals surface area contributed by atoms with Gasteiger partial charge in [-0.1, -0.05) is 39.3 Å². The van der Waals surface area contributed by atoms with Gasteiger partial charge in [-0.15, -0.1) is 0 Å². The average molecular weight is 402 g/mol. The average Bonchev–Trinajstić information content (AvgIpc) is 2.74. The molecule has 7 nitrogen and oxygen atoms in total. The van der Waals surface area contributed by atoms with E-state index in [4.69, 9.17) is 4.74 Å². The summed E-state index contributed by atoms with van der Waals surface area (Å²) >= 11 is 0. The Kier molecular flexibility index (Phi) is 8.83. The zero-order chi connectivity index (χ0) is 21.2. The summed E-state index contributed by atoms with van der Waals surface area (Å²) in [6.07, 6.45) is 3.71. The Bertz CT molecular complexity index is 887. The maximum absolute atomic E-state index is 12.8. The van der Waals surface area contributed by atoms with Crippen LogP contribution in [0, 0.1) is 0 Å². The van der Waals surface area contributed by atoms with Gasteiger partial charge in [-0.25, -0.2) is 4.98 Å². The summed E-state index contributed by atoms with van der Waals surface area (Å²) in [6, 6.07) is 7.59. The monoisotopic (exact) mass is 401 g/mol. The van der Waals surface area contributed by atoms with Gasteiger partial charge < -0.3 is 14.6 Å². The number of carbonyl (C=O) groups excluding carboxylic acids is 2. The fraction of sp³-hybridized carbons (Fsp3) is 0.545. The van der Waals surface area contributed by atoms with E-state index in [2.05, 4.69) is 17.2 Å². The van der Waals surface area contributed by atoms with Crippen LogP contribution in [0.25, 0.3) is 11.0 Å². The first-order chi connectivity index (χ1) is 14.0.